The molecule has 0 aliphatic heterocycles. The van der Waals surface area contributed by atoms with Crippen molar-refractivity contribution in [3.05, 3.63) is 52.1 Å². The summed E-state index contributed by atoms with van der Waals surface area (Å²) in [5.74, 6) is -0.124. The highest BCUT2D eigenvalue weighted by molar-refractivity contribution is 5.84. The Morgan fingerprint density at radius 2 is 1.86 bits per heavy atom. The molecule has 152 valence electrons. The lowest BCUT2D eigenvalue weighted by molar-refractivity contribution is -0.125. The molecule has 7 nitrogen and oxygen atoms in total. The molecule has 3 aromatic rings. The Kier molecular flexibility index (Phi) is 5.22. The Morgan fingerprint density at radius 3 is 2.52 bits per heavy atom. The number of aromatic nitrogens is 4. The molecule has 7 heteroatoms. The number of nitrogens with zero attached hydrogens (tertiary/aromatic N) is 4. The van der Waals surface area contributed by atoms with Gasteiger partial charge in [-0.1, -0.05) is 38.0 Å². The first-order chi connectivity index (χ1) is 14.0. The molecule has 2 heterocycles. The zero-order valence-corrected chi connectivity index (χ0v) is 17.2. The summed E-state index contributed by atoms with van der Waals surface area (Å²) in [6.07, 6.45) is 4.80. The summed E-state index contributed by atoms with van der Waals surface area (Å²) in [5, 5.41) is 12.8. The lowest BCUT2D eigenvalue weighted by atomic mass is 10.1. The van der Waals surface area contributed by atoms with E-state index in [0.717, 1.165) is 37.1 Å². The lowest BCUT2D eigenvalue weighted by Crippen LogP contribution is -2.42. The van der Waals surface area contributed by atoms with E-state index in [1.54, 1.807) is 4.68 Å². The standard InChI is InChI=1S/C22H27N5O2/c1-4-18(21(28)23-16-10-8-9-11-16)27-22(29)19-15(3)26(17-12-6-5-7-13-17)25-20(19)14(2)24-27/h5-7,12-13,16,18H,4,8-11H2,1-3H3,(H,23,28). The smallest absolute Gasteiger partial charge is 0.278 e. The molecule has 1 atom stereocenters. The Bertz CT molecular complexity index is 1090. The third kappa shape index (κ3) is 3.45. The van der Waals surface area contributed by atoms with Gasteiger partial charge in [0, 0.05) is 6.04 Å². The first kappa shape index (κ1) is 19.4. The molecule has 1 saturated carbocycles. The molecule has 0 saturated heterocycles. The van der Waals surface area contributed by atoms with E-state index in [1.165, 1.54) is 4.68 Å². The van der Waals surface area contributed by atoms with Gasteiger partial charge in [0.1, 0.15) is 11.6 Å². The summed E-state index contributed by atoms with van der Waals surface area (Å²) < 4.78 is 3.12. The lowest BCUT2D eigenvalue weighted by Gasteiger charge is -2.20. The minimum absolute atomic E-state index is 0.124. The fourth-order valence-electron chi connectivity index (χ4n) is 4.25. The number of benzene rings is 1. The van der Waals surface area contributed by atoms with Gasteiger partial charge in [0.15, 0.2) is 0 Å². The van der Waals surface area contributed by atoms with Gasteiger partial charge in [0.05, 0.1) is 22.5 Å². The van der Waals surface area contributed by atoms with Gasteiger partial charge in [-0.25, -0.2) is 9.36 Å². The second kappa shape index (κ2) is 7.81. The van der Waals surface area contributed by atoms with Gasteiger partial charge < -0.3 is 5.32 Å². The normalized spacial score (nSPS) is 15.7. The molecule has 0 radical (unpaired) electrons. The summed E-state index contributed by atoms with van der Waals surface area (Å²) in [5.41, 5.74) is 2.60. The maximum atomic E-state index is 13.4. The van der Waals surface area contributed by atoms with Crippen molar-refractivity contribution in [2.24, 2.45) is 0 Å². The van der Waals surface area contributed by atoms with Gasteiger partial charge in [-0.05, 0) is 45.2 Å². The Balaban J connectivity index is 1.79. The molecule has 1 aliphatic carbocycles. The van der Waals surface area contributed by atoms with E-state index in [9.17, 15) is 9.59 Å². The number of amides is 1. The maximum Gasteiger partial charge on any atom is 0.278 e. The molecule has 4 rings (SSSR count). The largest absolute Gasteiger partial charge is 0.352 e. The number of aryl methyl sites for hydroxylation is 2. The quantitative estimate of drug-likeness (QED) is 0.722. The maximum absolute atomic E-state index is 13.4. The molecule has 1 aromatic carbocycles. The third-order valence-corrected chi connectivity index (χ3v) is 5.83. The Morgan fingerprint density at radius 1 is 1.17 bits per heavy atom. The number of nitrogens with one attached hydrogen (secondary N) is 1. The number of rotatable bonds is 5. The van der Waals surface area contributed by atoms with Crippen LogP contribution in [-0.2, 0) is 4.79 Å². The summed E-state index contributed by atoms with van der Waals surface area (Å²) >= 11 is 0. The van der Waals surface area contributed by atoms with Crippen molar-refractivity contribution in [3.63, 3.8) is 0 Å². The van der Waals surface area contributed by atoms with Crippen molar-refractivity contribution in [1.82, 2.24) is 24.9 Å². The fraction of sp³-hybridized carbons (Fsp3) is 0.455. The van der Waals surface area contributed by atoms with E-state index >= 15 is 0 Å². The summed E-state index contributed by atoms with van der Waals surface area (Å²) in [6.45, 7) is 5.63. The zero-order valence-electron chi connectivity index (χ0n) is 17.2. The fourth-order valence-corrected chi connectivity index (χ4v) is 4.25. The van der Waals surface area contributed by atoms with Gasteiger partial charge in [-0.2, -0.15) is 10.2 Å². The van der Waals surface area contributed by atoms with Crippen molar-refractivity contribution in [3.8, 4) is 5.69 Å². The summed E-state index contributed by atoms with van der Waals surface area (Å²) in [6, 6.07) is 9.30. The first-order valence-electron chi connectivity index (χ1n) is 10.4. The molecule has 0 bridgehead atoms. The van der Waals surface area contributed by atoms with Crippen LogP contribution in [0.3, 0.4) is 0 Å². The van der Waals surface area contributed by atoms with Crippen molar-refractivity contribution >= 4 is 16.8 Å². The molecule has 2 aromatic heterocycles. The number of carbonyl (C=O) groups is 1. The number of hydrogen-bond acceptors (Lipinski definition) is 4. The predicted molar refractivity (Wildman–Crippen MR) is 112 cm³/mol. The number of para-hydroxylation sites is 1. The second-order valence-corrected chi connectivity index (χ2v) is 7.81. The second-order valence-electron chi connectivity index (χ2n) is 7.81. The van der Waals surface area contributed by atoms with Gasteiger partial charge in [0.25, 0.3) is 5.56 Å². The SMILES string of the molecule is CCC(C(=O)NC1CCCC1)n1nc(C)c2nn(-c3ccccc3)c(C)c2c1=O. The van der Waals surface area contributed by atoms with Crippen molar-refractivity contribution in [1.29, 1.82) is 0 Å². The first-order valence-corrected chi connectivity index (χ1v) is 10.4. The van der Waals surface area contributed by atoms with Crippen LogP contribution in [0.4, 0.5) is 0 Å². The predicted octanol–water partition coefficient (Wildman–Crippen LogP) is 3.21. The minimum atomic E-state index is -0.620. The molecule has 1 fully saturated rings. The summed E-state index contributed by atoms with van der Waals surface area (Å²) in [4.78, 5) is 26.3. The molecule has 1 amide bonds. The van der Waals surface area contributed by atoms with Crippen LogP contribution in [0, 0.1) is 13.8 Å². The van der Waals surface area contributed by atoms with Crippen LogP contribution in [0.5, 0.6) is 0 Å². The van der Waals surface area contributed by atoms with Gasteiger partial charge in [-0.15, -0.1) is 0 Å². The number of hydrogen-bond donors (Lipinski definition) is 1. The van der Waals surface area contributed by atoms with Crippen LogP contribution in [0.2, 0.25) is 0 Å². The van der Waals surface area contributed by atoms with Crippen molar-refractivity contribution < 1.29 is 4.79 Å². The highest BCUT2D eigenvalue weighted by Gasteiger charge is 2.27. The molecular weight excluding hydrogens is 366 g/mol. The van der Waals surface area contributed by atoms with Crippen LogP contribution < -0.4 is 10.9 Å². The van der Waals surface area contributed by atoms with E-state index < -0.39 is 6.04 Å². The molecular formula is C22H27N5O2. The minimum Gasteiger partial charge on any atom is -0.352 e. The van der Waals surface area contributed by atoms with Gasteiger partial charge in [0.2, 0.25) is 5.91 Å². The molecule has 1 N–H and O–H groups in total. The molecule has 1 aliphatic rings. The highest BCUT2D eigenvalue weighted by atomic mass is 16.2. The van der Waals surface area contributed by atoms with E-state index in [1.807, 2.05) is 51.1 Å². The topological polar surface area (TPSA) is 81.8 Å². The average molecular weight is 393 g/mol. The van der Waals surface area contributed by atoms with Crippen molar-refractivity contribution in [2.75, 3.05) is 0 Å². The van der Waals surface area contributed by atoms with E-state index in [-0.39, 0.29) is 17.5 Å². The van der Waals surface area contributed by atoms with E-state index in [0.29, 0.717) is 23.0 Å². The Labute approximate surface area is 169 Å². The van der Waals surface area contributed by atoms with Gasteiger partial charge in [-0.3, -0.25) is 9.59 Å². The van der Waals surface area contributed by atoms with Crippen LogP contribution in [0.25, 0.3) is 16.6 Å². The van der Waals surface area contributed by atoms with Crippen LogP contribution in [-0.4, -0.2) is 31.5 Å². The van der Waals surface area contributed by atoms with E-state index in [4.69, 9.17) is 0 Å². The molecule has 0 spiro atoms. The monoisotopic (exact) mass is 393 g/mol. The number of fused-ring (bicyclic) bond motifs is 1. The average Bonchev–Trinajstić information content (AvgIpc) is 3.35. The zero-order chi connectivity index (χ0) is 20.5. The molecule has 1 unspecified atom stereocenters. The third-order valence-electron chi connectivity index (χ3n) is 5.83. The highest BCUT2D eigenvalue weighted by Crippen LogP contribution is 2.22. The van der Waals surface area contributed by atoms with E-state index in [2.05, 4.69) is 15.5 Å². The molecule has 29 heavy (non-hydrogen) atoms. The van der Waals surface area contributed by atoms with Crippen LogP contribution in [0.1, 0.15) is 56.5 Å². The summed E-state index contributed by atoms with van der Waals surface area (Å²) in [7, 11) is 0. The van der Waals surface area contributed by atoms with Crippen molar-refractivity contribution in [2.45, 2.75) is 65.0 Å². The van der Waals surface area contributed by atoms with Gasteiger partial charge >= 0.3 is 0 Å². The number of carbonyl (C=O) groups excluding carboxylic acids is 1. The Hall–Kier alpha value is -2.96. The van der Waals surface area contributed by atoms with Crippen LogP contribution in [0.15, 0.2) is 35.1 Å². The van der Waals surface area contributed by atoms with Crippen LogP contribution >= 0.6 is 0 Å².